The van der Waals surface area contributed by atoms with Crippen molar-refractivity contribution in [1.82, 2.24) is 5.32 Å². The zero-order chi connectivity index (χ0) is 16.8. The van der Waals surface area contributed by atoms with Gasteiger partial charge in [0.15, 0.2) is 0 Å². The Kier molecular flexibility index (Phi) is 5.49. The number of nitrogens with one attached hydrogen (secondary N) is 1. The lowest BCUT2D eigenvalue weighted by molar-refractivity contribution is 0.0139. The first-order valence-corrected chi connectivity index (χ1v) is 8.95. The third-order valence-corrected chi connectivity index (χ3v) is 5.04. The average molecular weight is 321 g/mol. The molecule has 0 bridgehead atoms. The summed E-state index contributed by atoms with van der Waals surface area (Å²) in [6, 6.07) is 21.0. The van der Waals surface area contributed by atoms with Gasteiger partial charge < -0.3 is 10.4 Å². The summed E-state index contributed by atoms with van der Waals surface area (Å²) in [5.41, 5.74) is 1.61. The predicted molar refractivity (Wildman–Crippen MR) is 101 cm³/mol. The second kappa shape index (κ2) is 7.78. The minimum absolute atomic E-state index is 0.0846. The highest BCUT2D eigenvalue weighted by Gasteiger charge is 2.37. The molecule has 3 atom stereocenters. The molecule has 126 valence electrons. The second-order valence-electron chi connectivity index (χ2n) is 6.83. The highest BCUT2D eigenvalue weighted by Crippen LogP contribution is 2.32. The number of aliphatic hydroxyl groups is 1. The third kappa shape index (κ3) is 4.14. The van der Waals surface area contributed by atoms with Gasteiger partial charge >= 0.3 is 0 Å². The van der Waals surface area contributed by atoms with Crippen LogP contribution in [0.4, 0.5) is 0 Å². The average Bonchev–Trinajstić information content (AvgIpc) is 2.64. The molecule has 0 aromatic heterocycles. The maximum atomic E-state index is 11.2. The van der Waals surface area contributed by atoms with Crippen LogP contribution in [0.5, 0.6) is 0 Å². The molecule has 0 saturated heterocycles. The van der Waals surface area contributed by atoms with Gasteiger partial charge in [-0.25, -0.2) is 0 Å². The van der Waals surface area contributed by atoms with E-state index in [1.54, 1.807) is 0 Å². The zero-order valence-electron chi connectivity index (χ0n) is 14.4. The highest BCUT2D eigenvalue weighted by molar-refractivity contribution is 5.50. The van der Waals surface area contributed by atoms with Gasteiger partial charge in [0.05, 0.1) is 5.60 Å². The lowest BCUT2D eigenvalue weighted by atomic mass is 9.79. The summed E-state index contributed by atoms with van der Waals surface area (Å²) in [5.74, 6) is 0. The van der Waals surface area contributed by atoms with Gasteiger partial charge in [-0.2, -0.15) is 0 Å². The summed E-state index contributed by atoms with van der Waals surface area (Å²) in [7, 11) is 0. The van der Waals surface area contributed by atoms with Crippen LogP contribution in [0.25, 0.3) is 6.08 Å². The van der Waals surface area contributed by atoms with Gasteiger partial charge in [-0.15, -0.1) is 0 Å². The largest absolute Gasteiger partial charge is 0.384 e. The lowest BCUT2D eigenvalue weighted by Crippen LogP contribution is -2.52. The van der Waals surface area contributed by atoms with E-state index in [0.29, 0.717) is 0 Å². The first-order chi connectivity index (χ1) is 11.7. The number of rotatable bonds is 5. The molecular weight excluding hydrogens is 294 g/mol. The molecule has 3 rings (SSSR count). The van der Waals surface area contributed by atoms with Crippen LogP contribution in [-0.4, -0.2) is 16.7 Å². The third-order valence-electron chi connectivity index (χ3n) is 5.04. The molecule has 2 aromatic carbocycles. The van der Waals surface area contributed by atoms with Crippen molar-refractivity contribution < 1.29 is 5.11 Å². The minimum Gasteiger partial charge on any atom is -0.384 e. The topological polar surface area (TPSA) is 32.3 Å². The van der Waals surface area contributed by atoms with Crippen molar-refractivity contribution in [3.05, 3.63) is 77.9 Å². The molecule has 0 radical (unpaired) electrons. The summed E-state index contributed by atoms with van der Waals surface area (Å²) in [5, 5.41) is 14.9. The van der Waals surface area contributed by atoms with Crippen LogP contribution >= 0.6 is 0 Å². The standard InChI is InChI=1S/C22H27NO/c1-18(20-12-6-3-7-13-20)23-21-14-8-9-16-22(21,24)17-15-19-10-4-2-5-11-19/h2-7,10-13,15,17-18,21,23-24H,8-9,14,16H2,1H3/b17-15+/t18-,21-,22+/m1/s1. The monoisotopic (exact) mass is 321 g/mol. The van der Waals surface area contributed by atoms with Gasteiger partial charge in [0, 0.05) is 12.1 Å². The fourth-order valence-corrected chi connectivity index (χ4v) is 3.55. The van der Waals surface area contributed by atoms with Crippen molar-refractivity contribution in [2.45, 2.75) is 50.3 Å². The summed E-state index contributed by atoms with van der Waals surface area (Å²) in [6.07, 6.45) is 8.11. The van der Waals surface area contributed by atoms with Crippen molar-refractivity contribution >= 4 is 6.08 Å². The van der Waals surface area contributed by atoms with Crippen molar-refractivity contribution in [3.8, 4) is 0 Å². The van der Waals surface area contributed by atoms with Crippen LogP contribution in [0.15, 0.2) is 66.7 Å². The Balaban J connectivity index is 1.74. The Morgan fingerprint density at radius 2 is 1.71 bits per heavy atom. The molecule has 2 nitrogen and oxygen atoms in total. The van der Waals surface area contributed by atoms with Gasteiger partial charge in [0.25, 0.3) is 0 Å². The van der Waals surface area contributed by atoms with Crippen molar-refractivity contribution in [2.75, 3.05) is 0 Å². The van der Waals surface area contributed by atoms with Gasteiger partial charge in [-0.1, -0.05) is 85.7 Å². The maximum Gasteiger partial charge on any atom is 0.0983 e. The molecule has 2 aromatic rings. The Morgan fingerprint density at radius 1 is 1.04 bits per heavy atom. The van der Waals surface area contributed by atoms with Crippen LogP contribution in [0.2, 0.25) is 0 Å². The normalized spacial score (nSPS) is 25.7. The first kappa shape index (κ1) is 16.9. The number of benzene rings is 2. The molecule has 1 saturated carbocycles. The van der Waals surface area contributed by atoms with Gasteiger partial charge in [-0.05, 0) is 30.9 Å². The predicted octanol–water partition coefficient (Wildman–Crippen LogP) is 4.72. The first-order valence-electron chi connectivity index (χ1n) is 8.95. The van der Waals surface area contributed by atoms with E-state index in [2.05, 4.69) is 48.6 Å². The van der Waals surface area contributed by atoms with E-state index < -0.39 is 5.60 Å². The van der Waals surface area contributed by atoms with E-state index in [1.807, 2.05) is 36.4 Å². The molecule has 2 heteroatoms. The van der Waals surface area contributed by atoms with Crippen LogP contribution < -0.4 is 5.32 Å². The molecule has 0 spiro atoms. The maximum absolute atomic E-state index is 11.2. The molecule has 0 aliphatic heterocycles. The van der Waals surface area contributed by atoms with Gasteiger partial charge in [0.1, 0.15) is 0 Å². The summed E-state index contributed by atoms with van der Waals surface area (Å²) >= 11 is 0. The summed E-state index contributed by atoms with van der Waals surface area (Å²) < 4.78 is 0. The van der Waals surface area contributed by atoms with E-state index >= 15 is 0 Å². The summed E-state index contributed by atoms with van der Waals surface area (Å²) in [6.45, 7) is 2.17. The Bertz CT molecular complexity index is 652. The van der Waals surface area contributed by atoms with Crippen LogP contribution in [0.1, 0.15) is 49.8 Å². The van der Waals surface area contributed by atoms with Crippen LogP contribution in [-0.2, 0) is 0 Å². The molecule has 2 N–H and O–H groups in total. The molecule has 1 fully saturated rings. The SMILES string of the molecule is C[C@@H](N[C@@H]1CCCC[C@]1(O)/C=C/c1ccccc1)c1ccccc1. The van der Waals surface area contributed by atoms with Crippen LogP contribution in [0, 0.1) is 0 Å². The Labute approximate surface area is 145 Å². The number of hydrogen-bond acceptors (Lipinski definition) is 2. The second-order valence-corrected chi connectivity index (χ2v) is 6.83. The van der Waals surface area contributed by atoms with Crippen LogP contribution in [0.3, 0.4) is 0 Å². The van der Waals surface area contributed by atoms with E-state index in [4.69, 9.17) is 0 Å². The molecule has 0 unspecified atom stereocenters. The van der Waals surface area contributed by atoms with E-state index in [-0.39, 0.29) is 12.1 Å². The quantitative estimate of drug-likeness (QED) is 0.835. The smallest absolute Gasteiger partial charge is 0.0983 e. The molecule has 0 heterocycles. The Hall–Kier alpha value is -1.90. The van der Waals surface area contributed by atoms with Gasteiger partial charge in [-0.3, -0.25) is 0 Å². The Morgan fingerprint density at radius 3 is 2.42 bits per heavy atom. The van der Waals surface area contributed by atoms with Crippen molar-refractivity contribution in [3.63, 3.8) is 0 Å². The molecule has 24 heavy (non-hydrogen) atoms. The van der Waals surface area contributed by atoms with Crippen molar-refractivity contribution in [2.24, 2.45) is 0 Å². The van der Waals surface area contributed by atoms with E-state index in [9.17, 15) is 5.11 Å². The molecule has 0 amide bonds. The fourth-order valence-electron chi connectivity index (χ4n) is 3.55. The van der Waals surface area contributed by atoms with Crippen molar-refractivity contribution in [1.29, 1.82) is 0 Å². The zero-order valence-corrected chi connectivity index (χ0v) is 14.4. The van der Waals surface area contributed by atoms with E-state index in [1.165, 1.54) is 12.0 Å². The number of hydrogen-bond donors (Lipinski definition) is 2. The van der Waals surface area contributed by atoms with Gasteiger partial charge in [0.2, 0.25) is 0 Å². The molecule has 1 aliphatic carbocycles. The fraction of sp³-hybridized carbons (Fsp3) is 0.364. The molecule has 1 aliphatic rings. The van der Waals surface area contributed by atoms with E-state index in [0.717, 1.165) is 24.8 Å². The minimum atomic E-state index is -0.781. The summed E-state index contributed by atoms with van der Waals surface area (Å²) in [4.78, 5) is 0. The molecular formula is C22H27NO. The highest BCUT2D eigenvalue weighted by atomic mass is 16.3. The lowest BCUT2D eigenvalue weighted by Gasteiger charge is -2.40.